The van der Waals surface area contributed by atoms with Crippen molar-refractivity contribution in [3.8, 4) is 12.1 Å². The van der Waals surface area contributed by atoms with E-state index >= 15 is 0 Å². The van der Waals surface area contributed by atoms with Gasteiger partial charge in [-0.2, -0.15) is 10.5 Å². The average molecular weight is 335 g/mol. The van der Waals surface area contributed by atoms with Crippen molar-refractivity contribution in [1.29, 1.82) is 10.5 Å². The van der Waals surface area contributed by atoms with Crippen LogP contribution in [0.2, 0.25) is 0 Å². The zero-order chi connectivity index (χ0) is 18.2. The summed E-state index contributed by atoms with van der Waals surface area (Å²) in [4.78, 5) is 0. The van der Waals surface area contributed by atoms with Crippen molar-refractivity contribution in [2.75, 3.05) is 0 Å². The van der Waals surface area contributed by atoms with E-state index < -0.39 is 0 Å². The van der Waals surface area contributed by atoms with Crippen LogP contribution >= 0.6 is 0 Å². The number of benzene rings is 2. The molecule has 3 nitrogen and oxygen atoms in total. The van der Waals surface area contributed by atoms with Gasteiger partial charge in [0.15, 0.2) is 0 Å². The summed E-state index contributed by atoms with van der Waals surface area (Å²) in [6.45, 7) is 0.841. The predicted molar refractivity (Wildman–Crippen MR) is 105 cm³/mol. The van der Waals surface area contributed by atoms with Crippen LogP contribution in [-0.4, -0.2) is 4.57 Å². The minimum absolute atomic E-state index is 0.0924. The van der Waals surface area contributed by atoms with E-state index in [2.05, 4.69) is 59.3 Å². The summed E-state index contributed by atoms with van der Waals surface area (Å²) in [6, 6.07) is 22.5. The minimum atomic E-state index is 0.0924. The summed E-state index contributed by atoms with van der Waals surface area (Å²) in [5.74, 6) is 0. The van der Waals surface area contributed by atoms with Crippen LogP contribution in [0.3, 0.4) is 0 Å². The molecule has 0 atom stereocenters. The number of fused-ring (bicyclic) bond motifs is 1. The van der Waals surface area contributed by atoms with Crippen LogP contribution in [0.25, 0.3) is 17.0 Å². The summed E-state index contributed by atoms with van der Waals surface area (Å²) in [7, 11) is 0. The minimum Gasteiger partial charge on any atom is -0.343 e. The van der Waals surface area contributed by atoms with E-state index in [1.807, 2.05) is 36.4 Å². The first kappa shape index (κ1) is 17.0. The van der Waals surface area contributed by atoms with Gasteiger partial charge in [0.05, 0.1) is 0 Å². The van der Waals surface area contributed by atoms with E-state index in [9.17, 15) is 0 Å². The number of rotatable bonds is 5. The molecule has 0 saturated heterocycles. The Morgan fingerprint density at radius 1 is 0.923 bits per heavy atom. The van der Waals surface area contributed by atoms with Gasteiger partial charge in [-0.3, -0.25) is 0 Å². The van der Waals surface area contributed by atoms with Gasteiger partial charge in [-0.15, -0.1) is 0 Å². The van der Waals surface area contributed by atoms with Gasteiger partial charge in [-0.1, -0.05) is 66.8 Å². The molecule has 0 radical (unpaired) electrons. The Morgan fingerprint density at radius 3 is 2.50 bits per heavy atom. The molecule has 2 aromatic carbocycles. The van der Waals surface area contributed by atoms with Gasteiger partial charge in [0.2, 0.25) is 0 Å². The van der Waals surface area contributed by atoms with Crippen LogP contribution in [0.5, 0.6) is 0 Å². The summed E-state index contributed by atoms with van der Waals surface area (Å²) in [6.07, 6.45) is 11.0. The molecule has 0 fully saturated rings. The first-order valence-corrected chi connectivity index (χ1v) is 8.28. The van der Waals surface area contributed by atoms with Crippen LogP contribution in [0, 0.1) is 22.7 Å². The van der Waals surface area contributed by atoms with E-state index in [-0.39, 0.29) is 5.57 Å². The van der Waals surface area contributed by atoms with Crippen LogP contribution < -0.4 is 0 Å². The molecule has 124 valence electrons. The van der Waals surface area contributed by atoms with Gasteiger partial charge in [0.25, 0.3) is 0 Å². The van der Waals surface area contributed by atoms with Crippen molar-refractivity contribution in [3.63, 3.8) is 0 Å². The first-order chi connectivity index (χ1) is 12.8. The highest BCUT2D eigenvalue weighted by Gasteiger charge is 2.02. The van der Waals surface area contributed by atoms with E-state index in [0.717, 1.165) is 12.1 Å². The fourth-order valence-corrected chi connectivity index (χ4v) is 2.70. The lowest BCUT2D eigenvalue weighted by atomic mass is 10.1. The molecule has 0 aliphatic heterocycles. The van der Waals surface area contributed by atoms with Crippen LogP contribution in [0.1, 0.15) is 11.1 Å². The van der Waals surface area contributed by atoms with Crippen molar-refractivity contribution in [2.24, 2.45) is 0 Å². The molecule has 0 bridgehead atoms. The molecule has 3 aromatic rings. The first-order valence-electron chi connectivity index (χ1n) is 8.28. The third-order valence-corrected chi connectivity index (χ3v) is 4.01. The molecule has 0 spiro atoms. The Hall–Kier alpha value is -3.82. The Bertz CT molecular complexity index is 1050. The van der Waals surface area contributed by atoms with Gasteiger partial charge >= 0.3 is 0 Å². The SMILES string of the molecule is N#CC(C#N)=C/C=C/C=C/c1ccc2ccn(Cc3ccccc3)c2c1. The second-order valence-electron chi connectivity index (χ2n) is 5.80. The molecule has 0 N–H and O–H groups in total. The third kappa shape index (κ3) is 4.17. The molecule has 0 saturated carbocycles. The second kappa shape index (κ2) is 8.33. The molecule has 3 rings (SSSR count). The Morgan fingerprint density at radius 2 is 1.73 bits per heavy atom. The number of allylic oxidation sites excluding steroid dienone is 5. The normalized spacial score (nSPS) is 10.8. The molecule has 0 aliphatic carbocycles. The molecular formula is C23H17N3. The number of nitriles is 2. The van der Waals surface area contributed by atoms with Crippen molar-refractivity contribution in [1.82, 2.24) is 4.57 Å². The maximum Gasteiger partial charge on any atom is 0.129 e. The monoisotopic (exact) mass is 335 g/mol. The quantitative estimate of drug-likeness (QED) is 0.473. The van der Waals surface area contributed by atoms with Crippen LogP contribution in [0.15, 0.2) is 90.7 Å². The highest BCUT2D eigenvalue weighted by molar-refractivity contribution is 5.82. The number of hydrogen-bond acceptors (Lipinski definition) is 2. The maximum atomic E-state index is 8.68. The molecule has 0 amide bonds. The van der Waals surface area contributed by atoms with E-state index in [4.69, 9.17) is 10.5 Å². The summed E-state index contributed by atoms with van der Waals surface area (Å²) >= 11 is 0. The lowest BCUT2D eigenvalue weighted by Crippen LogP contribution is -1.97. The van der Waals surface area contributed by atoms with Crippen molar-refractivity contribution < 1.29 is 0 Å². The van der Waals surface area contributed by atoms with Crippen LogP contribution in [0.4, 0.5) is 0 Å². The topological polar surface area (TPSA) is 52.5 Å². The number of aromatic nitrogens is 1. The zero-order valence-corrected chi connectivity index (χ0v) is 14.2. The van der Waals surface area contributed by atoms with E-state index in [0.29, 0.717) is 0 Å². The smallest absolute Gasteiger partial charge is 0.129 e. The van der Waals surface area contributed by atoms with Gasteiger partial charge in [0, 0.05) is 18.3 Å². The highest BCUT2D eigenvalue weighted by atomic mass is 14.9. The predicted octanol–water partition coefficient (Wildman–Crippen LogP) is 5.23. The summed E-state index contributed by atoms with van der Waals surface area (Å²) in [5, 5.41) is 18.6. The average Bonchev–Trinajstić information content (AvgIpc) is 3.08. The highest BCUT2D eigenvalue weighted by Crippen LogP contribution is 2.20. The standard InChI is InChI=1S/C23H17N3/c24-16-21(17-25)10-6-1-3-7-19-11-12-22-13-14-26(23(22)15-19)18-20-8-4-2-5-9-20/h1-15H,18H2/b6-1+,7-3+. The fraction of sp³-hybridized carbons (Fsp3) is 0.0435. The molecule has 3 heteroatoms. The van der Waals surface area contributed by atoms with Crippen molar-refractivity contribution in [2.45, 2.75) is 6.54 Å². The maximum absolute atomic E-state index is 8.68. The van der Waals surface area contributed by atoms with E-state index in [1.54, 1.807) is 6.08 Å². The van der Waals surface area contributed by atoms with Crippen molar-refractivity contribution in [3.05, 3.63) is 102 Å². The molecular weight excluding hydrogens is 318 g/mol. The van der Waals surface area contributed by atoms with E-state index in [1.165, 1.54) is 22.5 Å². The van der Waals surface area contributed by atoms with Gasteiger partial charge in [-0.25, -0.2) is 0 Å². The number of hydrogen-bond donors (Lipinski definition) is 0. The van der Waals surface area contributed by atoms with Gasteiger partial charge in [0.1, 0.15) is 17.7 Å². The molecule has 0 aliphatic rings. The summed E-state index contributed by atoms with van der Waals surface area (Å²) in [5.41, 5.74) is 3.65. The molecule has 1 aromatic heterocycles. The molecule has 1 heterocycles. The van der Waals surface area contributed by atoms with Gasteiger partial charge < -0.3 is 4.57 Å². The lowest BCUT2D eigenvalue weighted by molar-refractivity contribution is 0.837. The molecule has 26 heavy (non-hydrogen) atoms. The Labute approximate surface area is 153 Å². The second-order valence-corrected chi connectivity index (χ2v) is 5.80. The van der Waals surface area contributed by atoms with Crippen molar-refractivity contribution >= 4 is 17.0 Å². The Kier molecular flexibility index (Phi) is 5.45. The Balaban J connectivity index is 1.79. The number of nitrogens with zero attached hydrogens (tertiary/aromatic N) is 3. The van der Waals surface area contributed by atoms with Gasteiger partial charge in [-0.05, 0) is 34.7 Å². The largest absolute Gasteiger partial charge is 0.343 e. The lowest BCUT2D eigenvalue weighted by Gasteiger charge is -2.06. The third-order valence-electron chi connectivity index (χ3n) is 4.01. The summed E-state index contributed by atoms with van der Waals surface area (Å²) < 4.78 is 2.24. The molecule has 0 unspecified atom stereocenters. The fourth-order valence-electron chi connectivity index (χ4n) is 2.70. The zero-order valence-electron chi connectivity index (χ0n) is 14.2. The van der Waals surface area contributed by atoms with Crippen LogP contribution in [-0.2, 0) is 6.54 Å².